The molecule has 4 heterocycles. The number of aryl methyl sites for hydroxylation is 1. The Balaban J connectivity index is 1.36. The summed E-state index contributed by atoms with van der Waals surface area (Å²) >= 11 is 0. The van der Waals surface area contributed by atoms with Gasteiger partial charge in [-0.05, 0) is 25.1 Å². The summed E-state index contributed by atoms with van der Waals surface area (Å²) in [6.07, 6.45) is 8.38. The molecule has 0 radical (unpaired) electrons. The van der Waals surface area contributed by atoms with Crippen molar-refractivity contribution >= 4 is 0 Å². The molecular formula is C21H25N5O. The second-order valence-electron chi connectivity index (χ2n) is 8.01. The minimum Gasteiger partial charge on any atom is -0.496 e. The van der Waals surface area contributed by atoms with Gasteiger partial charge in [0.2, 0.25) is 0 Å². The maximum atomic E-state index is 5.57. The van der Waals surface area contributed by atoms with Gasteiger partial charge in [-0.1, -0.05) is 12.1 Å². The molecule has 27 heavy (non-hydrogen) atoms. The molecule has 140 valence electrons. The van der Waals surface area contributed by atoms with Crippen LogP contribution in [0.15, 0.2) is 42.9 Å². The molecule has 3 aromatic rings. The molecule has 0 amide bonds. The van der Waals surface area contributed by atoms with Gasteiger partial charge in [0.25, 0.3) is 0 Å². The van der Waals surface area contributed by atoms with Gasteiger partial charge in [-0.15, -0.1) is 0 Å². The quantitative estimate of drug-likeness (QED) is 0.715. The molecule has 0 aliphatic carbocycles. The summed E-state index contributed by atoms with van der Waals surface area (Å²) in [5.74, 6) is 2.12. The Labute approximate surface area is 159 Å². The number of likely N-dealkylation sites (tertiary alicyclic amines) is 1. The zero-order chi connectivity index (χ0) is 18.4. The molecule has 0 unspecified atom stereocenters. The standard InChI is InChI=1S/C21H25N5O/c1-24-12-16(10-23-24)13-25-8-7-21(14-25)9-20-22-11-18(26(20)15-21)17-5-3-4-6-19(17)27-2/h3-6,10-12H,7-9,13-15H2,1-2H3/t21-/m0/s1. The van der Waals surface area contributed by atoms with E-state index >= 15 is 0 Å². The van der Waals surface area contributed by atoms with E-state index in [0.717, 1.165) is 43.9 Å². The number of ether oxygens (including phenoxy) is 1. The summed E-state index contributed by atoms with van der Waals surface area (Å²) < 4.78 is 9.86. The maximum Gasteiger partial charge on any atom is 0.128 e. The predicted molar refractivity (Wildman–Crippen MR) is 103 cm³/mol. The third-order valence-corrected chi connectivity index (χ3v) is 6.03. The van der Waals surface area contributed by atoms with Crippen LogP contribution in [0, 0.1) is 5.41 Å². The number of aromatic nitrogens is 4. The van der Waals surface area contributed by atoms with Crippen molar-refractivity contribution < 1.29 is 4.74 Å². The lowest BCUT2D eigenvalue weighted by Crippen LogP contribution is -2.28. The van der Waals surface area contributed by atoms with Gasteiger partial charge in [0.15, 0.2) is 0 Å². The Morgan fingerprint density at radius 3 is 2.89 bits per heavy atom. The fourth-order valence-electron chi connectivity index (χ4n) is 4.78. The molecule has 1 aromatic carbocycles. The van der Waals surface area contributed by atoms with Crippen molar-refractivity contribution in [2.75, 3.05) is 20.2 Å². The molecule has 1 atom stereocenters. The van der Waals surface area contributed by atoms with Crippen LogP contribution in [-0.2, 0) is 26.6 Å². The first-order valence-electron chi connectivity index (χ1n) is 9.53. The molecular weight excluding hydrogens is 338 g/mol. The fourth-order valence-corrected chi connectivity index (χ4v) is 4.78. The number of benzene rings is 1. The van der Waals surface area contributed by atoms with Crippen LogP contribution in [0.1, 0.15) is 17.8 Å². The van der Waals surface area contributed by atoms with Gasteiger partial charge in [-0.2, -0.15) is 5.10 Å². The lowest BCUT2D eigenvalue weighted by Gasteiger charge is -2.23. The Kier molecular flexibility index (Phi) is 3.82. The Hall–Kier alpha value is -2.60. The minimum absolute atomic E-state index is 0.308. The number of rotatable bonds is 4. The lowest BCUT2D eigenvalue weighted by molar-refractivity contribution is 0.247. The molecule has 2 aromatic heterocycles. The Morgan fingerprint density at radius 2 is 2.07 bits per heavy atom. The smallest absolute Gasteiger partial charge is 0.128 e. The number of methoxy groups -OCH3 is 1. The van der Waals surface area contributed by atoms with Crippen LogP contribution in [0.4, 0.5) is 0 Å². The van der Waals surface area contributed by atoms with Crippen molar-refractivity contribution in [3.05, 3.63) is 54.2 Å². The second-order valence-corrected chi connectivity index (χ2v) is 8.01. The topological polar surface area (TPSA) is 48.1 Å². The largest absolute Gasteiger partial charge is 0.496 e. The number of para-hydroxylation sites is 1. The highest BCUT2D eigenvalue weighted by Crippen LogP contribution is 2.43. The molecule has 0 bridgehead atoms. The summed E-state index contributed by atoms with van der Waals surface area (Å²) in [4.78, 5) is 7.32. The van der Waals surface area contributed by atoms with Crippen molar-refractivity contribution in [2.45, 2.75) is 25.9 Å². The summed E-state index contributed by atoms with van der Waals surface area (Å²) in [7, 11) is 3.71. The molecule has 1 spiro atoms. The monoisotopic (exact) mass is 363 g/mol. The summed E-state index contributed by atoms with van der Waals surface area (Å²) in [6, 6.07) is 8.22. The number of hydrogen-bond donors (Lipinski definition) is 0. The van der Waals surface area contributed by atoms with Gasteiger partial charge in [0, 0.05) is 55.8 Å². The van der Waals surface area contributed by atoms with E-state index in [1.54, 1.807) is 7.11 Å². The van der Waals surface area contributed by atoms with Gasteiger partial charge in [0.1, 0.15) is 11.6 Å². The van der Waals surface area contributed by atoms with Crippen LogP contribution in [-0.4, -0.2) is 44.4 Å². The van der Waals surface area contributed by atoms with E-state index in [2.05, 4.69) is 32.9 Å². The summed E-state index contributed by atoms with van der Waals surface area (Å²) in [5.41, 5.74) is 3.90. The van der Waals surface area contributed by atoms with Crippen molar-refractivity contribution in [2.24, 2.45) is 12.5 Å². The number of nitrogens with zero attached hydrogens (tertiary/aromatic N) is 5. The van der Waals surface area contributed by atoms with E-state index in [1.165, 1.54) is 23.5 Å². The summed E-state index contributed by atoms with van der Waals surface area (Å²) in [5, 5.41) is 4.30. The van der Waals surface area contributed by atoms with Crippen LogP contribution < -0.4 is 4.74 Å². The van der Waals surface area contributed by atoms with Crippen molar-refractivity contribution in [3.8, 4) is 17.0 Å². The third kappa shape index (κ3) is 2.84. The fraction of sp³-hybridized carbons (Fsp3) is 0.429. The highest BCUT2D eigenvalue weighted by molar-refractivity contribution is 5.67. The highest BCUT2D eigenvalue weighted by atomic mass is 16.5. The zero-order valence-electron chi connectivity index (χ0n) is 15.9. The first-order valence-corrected chi connectivity index (χ1v) is 9.53. The molecule has 6 heteroatoms. The average molecular weight is 363 g/mol. The van der Waals surface area contributed by atoms with Crippen LogP contribution in [0.2, 0.25) is 0 Å². The first-order chi connectivity index (χ1) is 13.2. The molecule has 2 aliphatic rings. The molecule has 1 saturated heterocycles. The van der Waals surface area contributed by atoms with E-state index in [0.29, 0.717) is 5.41 Å². The molecule has 6 nitrogen and oxygen atoms in total. The maximum absolute atomic E-state index is 5.57. The van der Waals surface area contributed by atoms with Gasteiger partial charge in [-0.3, -0.25) is 9.58 Å². The van der Waals surface area contributed by atoms with Crippen LogP contribution in [0.25, 0.3) is 11.3 Å². The predicted octanol–water partition coefficient (Wildman–Crippen LogP) is 2.74. The lowest BCUT2D eigenvalue weighted by atomic mass is 9.86. The molecule has 0 saturated carbocycles. The Bertz CT molecular complexity index is 975. The number of fused-ring (bicyclic) bond motifs is 1. The third-order valence-electron chi connectivity index (χ3n) is 6.03. The summed E-state index contributed by atoms with van der Waals surface area (Å²) in [6.45, 7) is 4.29. The molecule has 5 rings (SSSR count). The van der Waals surface area contributed by atoms with Crippen LogP contribution >= 0.6 is 0 Å². The molecule has 2 aliphatic heterocycles. The molecule has 1 fully saturated rings. The van der Waals surface area contributed by atoms with Crippen LogP contribution in [0.5, 0.6) is 5.75 Å². The van der Waals surface area contributed by atoms with E-state index < -0.39 is 0 Å². The molecule has 0 N–H and O–H groups in total. The normalized spacial score (nSPS) is 21.9. The van der Waals surface area contributed by atoms with Crippen LogP contribution in [0.3, 0.4) is 0 Å². The first kappa shape index (κ1) is 16.6. The van der Waals surface area contributed by atoms with Gasteiger partial charge >= 0.3 is 0 Å². The van der Waals surface area contributed by atoms with Crippen molar-refractivity contribution in [1.82, 2.24) is 24.2 Å². The Morgan fingerprint density at radius 1 is 1.19 bits per heavy atom. The van der Waals surface area contributed by atoms with Crippen molar-refractivity contribution in [3.63, 3.8) is 0 Å². The number of hydrogen-bond acceptors (Lipinski definition) is 4. The zero-order valence-corrected chi connectivity index (χ0v) is 15.9. The minimum atomic E-state index is 0.308. The number of imidazole rings is 1. The van der Waals surface area contributed by atoms with E-state index in [1.807, 2.05) is 36.3 Å². The van der Waals surface area contributed by atoms with Gasteiger partial charge < -0.3 is 9.30 Å². The van der Waals surface area contributed by atoms with E-state index in [4.69, 9.17) is 9.72 Å². The van der Waals surface area contributed by atoms with Gasteiger partial charge in [-0.25, -0.2) is 4.98 Å². The SMILES string of the molecule is COc1ccccc1-c1cnc2n1C[C@@]1(CCN(Cc3cnn(C)c3)C1)C2. The van der Waals surface area contributed by atoms with E-state index in [9.17, 15) is 0 Å². The van der Waals surface area contributed by atoms with Crippen molar-refractivity contribution in [1.29, 1.82) is 0 Å². The van der Waals surface area contributed by atoms with E-state index in [-0.39, 0.29) is 0 Å². The highest BCUT2D eigenvalue weighted by Gasteiger charge is 2.44. The second kappa shape index (κ2) is 6.23. The van der Waals surface area contributed by atoms with Gasteiger partial charge in [0.05, 0.1) is 25.2 Å². The average Bonchev–Trinajstić information content (AvgIpc) is 3.42.